The Balaban J connectivity index is 1.38. The maximum absolute atomic E-state index is 12.5. The fourth-order valence-electron chi connectivity index (χ4n) is 3.94. The summed E-state index contributed by atoms with van der Waals surface area (Å²) in [4.78, 5) is 26.6. The lowest BCUT2D eigenvalue weighted by Gasteiger charge is -2.28. The van der Waals surface area contributed by atoms with Gasteiger partial charge in [-0.2, -0.15) is 0 Å². The molecule has 2 aromatic carbocycles. The van der Waals surface area contributed by atoms with Crippen LogP contribution in [0.5, 0.6) is 0 Å². The van der Waals surface area contributed by atoms with E-state index >= 15 is 0 Å². The molecule has 0 bridgehead atoms. The molecule has 0 saturated heterocycles. The number of rotatable bonds is 9. The first kappa shape index (κ1) is 25.2. The molecule has 7 nitrogen and oxygen atoms in total. The lowest BCUT2D eigenvalue weighted by molar-refractivity contribution is -0.133. The van der Waals surface area contributed by atoms with Crippen molar-refractivity contribution in [3.05, 3.63) is 65.2 Å². The normalized spacial score (nSPS) is 18.5. The zero-order valence-electron chi connectivity index (χ0n) is 18.7. The van der Waals surface area contributed by atoms with E-state index in [4.69, 9.17) is 11.6 Å². The Bertz CT molecular complexity index is 1040. The van der Waals surface area contributed by atoms with Crippen LogP contribution in [-0.4, -0.2) is 45.3 Å². The number of benzene rings is 2. The van der Waals surface area contributed by atoms with Crippen LogP contribution in [0.1, 0.15) is 31.2 Å². The smallest absolute Gasteiger partial charge is 0.242 e. The number of nitrogens with one attached hydrogen (secondary N) is 2. The lowest BCUT2D eigenvalue weighted by atomic mass is 9.81. The predicted molar refractivity (Wildman–Crippen MR) is 128 cm³/mol. The van der Waals surface area contributed by atoms with Crippen molar-refractivity contribution in [1.29, 1.82) is 0 Å². The molecule has 0 heterocycles. The minimum Gasteiger partial charge on any atom is -0.347 e. The molecule has 0 aromatic heterocycles. The van der Waals surface area contributed by atoms with Crippen LogP contribution in [0.4, 0.5) is 0 Å². The Labute approximate surface area is 200 Å². The van der Waals surface area contributed by atoms with Crippen molar-refractivity contribution in [3.63, 3.8) is 0 Å². The van der Waals surface area contributed by atoms with E-state index in [-0.39, 0.29) is 35.1 Å². The van der Waals surface area contributed by atoms with E-state index in [1.807, 2.05) is 30.3 Å². The summed E-state index contributed by atoms with van der Waals surface area (Å²) in [6.07, 6.45) is 2.85. The van der Waals surface area contributed by atoms with Crippen molar-refractivity contribution >= 4 is 33.4 Å². The SMILES string of the molecule is CN(Cc1ccccc1)C(=O)CNC(=O)C1CCC(CNS(=O)(=O)c2ccc(Cl)cc2)CC1. The Morgan fingerprint density at radius 1 is 1.00 bits per heavy atom. The monoisotopic (exact) mass is 491 g/mol. The van der Waals surface area contributed by atoms with Crippen LogP contribution in [0.15, 0.2) is 59.5 Å². The number of carbonyl (C=O) groups excluding carboxylic acids is 2. The van der Waals surface area contributed by atoms with E-state index in [9.17, 15) is 18.0 Å². The first-order valence-electron chi connectivity index (χ1n) is 11.1. The van der Waals surface area contributed by atoms with Crippen LogP contribution in [0.2, 0.25) is 5.02 Å². The molecule has 33 heavy (non-hydrogen) atoms. The number of carbonyl (C=O) groups is 2. The molecule has 0 atom stereocenters. The highest BCUT2D eigenvalue weighted by Gasteiger charge is 2.27. The Hall–Kier alpha value is -2.42. The van der Waals surface area contributed by atoms with Crippen molar-refractivity contribution < 1.29 is 18.0 Å². The largest absolute Gasteiger partial charge is 0.347 e. The molecule has 0 unspecified atom stereocenters. The van der Waals surface area contributed by atoms with Crippen LogP contribution in [0, 0.1) is 11.8 Å². The van der Waals surface area contributed by atoms with Gasteiger partial charge in [-0.05, 0) is 61.4 Å². The van der Waals surface area contributed by atoms with Gasteiger partial charge >= 0.3 is 0 Å². The maximum Gasteiger partial charge on any atom is 0.242 e. The molecule has 0 spiro atoms. The van der Waals surface area contributed by atoms with Gasteiger partial charge in [0.05, 0.1) is 11.4 Å². The Morgan fingerprint density at radius 2 is 1.64 bits per heavy atom. The average molecular weight is 492 g/mol. The van der Waals surface area contributed by atoms with E-state index in [1.165, 1.54) is 12.1 Å². The summed E-state index contributed by atoms with van der Waals surface area (Å²) in [6.45, 7) is 0.803. The summed E-state index contributed by atoms with van der Waals surface area (Å²) in [5, 5.41) is 3.25. The molecule has 2 amide bonds. The summed E-state index contributed by atoms with van der Waals surface area (Å²) in [5.74, 6) is -0.231. The molecular weight excluding hydrogens is 462 g/mol. The highest BCUT2D eigenvalue weighted by Crippen LogP contribution is 2.29. The van der Waals surface area contributed by atoms with E-state index in [1.54, 1.807) is 24.1 Å². The van der Waals surface area contributed by atoms with Crippen LogP contribution in [-0.2, 0) is 26.2 Å². The fourth-order valence-corrected chi connectivity index (χ4v) is 5.18. The Morgan fingerprint density at radius 3 is 2.27 bits per heavy atom. The van der Waals surface area contributed by atoms with E-state index in [0.717, 1.165) is 18.4 Å². The molecule has 1 aliphatic carbocycles. The van der Waals surface area contributed by atoms with Crippen molar-refractivity contribution in [3.8, 4) is 0 Å². The summed E-state index contributed by atoms with van der Waals surface area (Å²) >= 11 is 5.82. The summed E-state index contributed by atoms with van der Waals surface area (Å²) in [7, 11) is -1.87. The third-order valence-corrected chi connectivity index (χ3v) is 7.70. The molecule has 0 aliphatic heterocycles. The third-order valence-electron chi connectivity index (χ3n) is 6.01. The van der Waals surface area contributed by atoms with Gasteiger partial charge in [-0.15, -0.1) is 0 Å². The number of hydrogen-bond acceptors (Lipinski definition) is 4. The molecule has 1 fully saturated rings. The van der Waals surface area contributed by atoms with E-state index < -0.39 is 10.0 Å². The second-order valence-electron chi connectivity index (χ2n) is 8.48. The van der Waals surface area contributed by atoms with Gasteiger partial charge in [-0.25, -0.2) is 13.1 Å². The average Bonchev–Trinajstić information content (AvgIpc) is 2.82. The van der Waals surface area contributed by atoms with Gasteiger partial charge < -0.3 is 10.2 Å². The molecule has 178 valence electrons. The second-order valence-corrected chi connectivity index (χ2v) is 10.7. The number of amides is 2. The van der Waals surface area contributed by atoms with Gasteiger partial charge in [0, 0.05) is 31.1 Å². The molecule has 2 N–H and O–H groups in total. The van der Waals surface area contributed by atoms with Gasteiger partial charge in [0.25, 0.3) is 0 Å². The Kier molecular flexibility index (Phi) is 8.88. The number of sulfonamides is 1. The first-order valence-corrected chi connectivity index (χ1v) is 12.9. The van der Waals surface area contributed by atoms with Gasteiger partial charge in [-0.1, -0.05) is 41.9 Å². The zero-order valence-corrected chi connectivity index (χ0v) is 20.2. The molecule has 0 radical (unpaired) electrons. The van der Waals surface area contributed by atoms with Gasteiger partial charge in [-0.3, -0.25) is 9.59 Å². The number of hydrogen-bond donors (Lipinski definition) is 2. The van der Waals surface area contributed by atoms with Crippen LogP contribution >= 0.6 is 11.6 Å². The van der Waals surface area contributed by atoms with Crippen LogP contribution in [0.25, 0.3) is 0 Å². The van der Waals surface area contributed by atoms with Crippen LogP contribution in [0.3, 0.4) is 0 Å². The highest BCUT2D eigenvalue weighted by atomic mass is 35.5. The van der Waals surface area contributed by atoms with Crippen LogP contribution < -0.4 is 10.0 Å². The van der Waals surface area contributed by atoms with E-state index in [2.05, 4.69) is 10.0 Å². The third kappa shape index (κ3) is 7.55. The minimum atomic E-state index is -3.59. The lowest BCUT2D eigenvalue weighted by Crippen LogP contribution is -2.41. The molecule has 1 saturated carbocycles. The quantitative estimate of drug-likeness (QED) is 0.563. The van der Waals surface area contributed by atoms with Crippen molar-refractivity contribution in [1.82, 2.24) is 14.9 Å². The number of nitrogens with zero attached hydrogens (tertiary/aromatic N) is 1. The molecule has 2 aromatic rings. The zero-order chi connectivity index (χ0) is 23.8. The first-order chi connectivity index (χ1) is 15.7. The molecule has 1 aliphatic rings. The minimum absolute atomic E-state index is 0.0248. The fraction of sp³-hybridized carbons (Fsp3) is 0.417. The van der Waals surface area contributed by atoms with Crippen molar-refractivity contribution in [2.45, 2.75) is 37.1 Å². The molecular formula is C24H30ClN3O4S. The molecule has 9 heteroatoms. The van der Waals surface area contributed by atoms with Crippen molar-refractivity contribution in [2.75, 3.05) is 20.1 Å². The van der Waals surface area contributed by atoms with Crippen molar-refractivity contribution in [2.24, 2.45) is 11.8 Å². The highest BCUT2D eigenvalue weighted by molar-refractivity contribution is 7.89. The predicted octanol–water partition coefficient (Wildman–Crippen LogP) is 3.20. The summed E-state index contributed by atoms with van der Waals surface area (Å²) in [5.41, 5.74) is 1.03. The standard InChI is InChI=1S/C24H30ClN3O4S/c1-28(17-19-5-3-2-4-6-19)23(29)16-26-24(30)20-9-7-18(8-10-20)15-27-33(31,32)22-13-11-21(25)12-14-22/h2-6,11-14,18,20,27H,7-10,15-17H2,1H3,(H,26,30). The van der Waals surface area contributed by atoms with Gasteiger partial charge in [0.15, 0.2) is 0 Å². The van der Waals surface area contributed by atoms with E-state index in [0.29, 0.717) is 31.0 Å². The van der Waals surface area contributed by atoms with Gasteiger partial charge in [0.1, 0.15) is 0 Å². The number of halogens is 1. The molecule has 3 rings (SSSR count). The summed E-state index contributed by atoms with van der Waals surface area (Å²) in [6, 6.07) is 15.7. The summed E-state index contributed by atoms with van der Waals surface area (Å²) < 4.78 is 27.5. The number of likely N-dealkylation sites (N-methyl/N-ethyl adjacent to an activating group) is 1. The topological polar surface area (TPSA) is 95.6 Å². The maximum atomic E-state index is 12.5. The second kappa shape index (κ2) is 11.6. The van der Waals surface area contributed by atoms with Gasteiger partial charge in [0.2, 0.25) is 21.8 Å².